The molecule has 0 bridgehead atoms. The van der Waals surface area contributed by atoms with Gasteiger partial charge in [0.05, 0.1) is 5.52 Å². The summed E-state index contributed by atoms with van der Waals surface area (Å²) in [5.74, 6) is 0.0700. The van der Waals surface area contributed by atoms with Crippen molar-refractivity contribution < 1.29 is 5.11 Å². The molecule has 0 saturated heterocycles. The van der Waals surface area contributed by atoms with Gasteiger partial charge in [-0.05, 0) is 12.1 Å². The van der Waals surface area contributed by atoms with Gasteiger partial charge in [0.2, 0.25) is 0 Å². The third-order valence-corrected chi connectivity index (χ3v) is 2.19. The number of nitriles is 1. The lowest BCUT2D eigenvalue weighted by Crippen LogP contribution is -1.90. The Morgan fingerprint density at radius 2 is 2.08 bits per heavy atom. The van der Waals surface area contributed by atoms with Crippen molar-refractivity contribution in [3.8, 4) is 11.8 Å². The first-order valence-corrected chi connectivity index (χ1v) is 3.92. The van der Waals surface area contributed by atoms with Crippen LogP contribution in [0, 0.1) is 11.3 Å². The van der Waals surface area contributed by atoms with Gasteiger partial charge in [-0.1, -0.05) is 12.1 Å². The third kappa shape index (κ3) is 0.890. The van der Waals surface area contributed by atoms with Gasteiger partial charge in [-0.2, -0.15) is 5.26 Å². The second-order valence-electron chi connectivity index (χ2n) is 2.89. The van der Waals surface area contributed by atoms with E-state index in [1.165, 1.54) is 0 Å². The Morgan fingerprint density at radius 1 is 1.38 bits per heavy atom. The summed E-state index contributed by atoms with van der Waals surface area (Å²) in [5.41, 5.74) is 1.18. The maximum atomic E-state index is 9.63. The molecule has 0 saturated carbocycles. The molecular weight excluding hydrogens is 164 g/mol. The average Bonchev–Trinajstić information content (AvgIpc) is 2.41. The van der Waals surface area contributed by atoms with Gasteiger partial charge >= 0.3 is 0 Å². The first-order chi connectivity index (χ1) is 6.25. The van der Waals surface area contributed by atoms with Crippen LogP contribution in [0.3, 0.4) is 0 Å². The van der Waals surface area contributed by atoms with Crippen molar-refractivity contribution in [1.82, 2.24) is 4.57 Å². The van der Waals surface area contributed by atoms with Crippen LogP contribution in [0.4, 0.5) is 0 Å². The molecule has 1 N–H and O–H groups in total. The Kier molecular flexibility index (Phi) is 1.49. The zero-order valence-electron chi connectivity index (χ0n) is 7.15. The number of fused-ring (bicyclic) bond motifs is 1. The van der Waals surface area contributed by atoms with Crippen LogP contribution in [0.15, 0.2) is 24.3 Å². The molecule has 2 aromatic rings. The highest BCUT2D eigenvalue weighted by Crippen LogP contribution is 2.30. The molecule has 1 heterocycles. The highest BCUT2D eigenvalue weighted by Gasteiger charge is 2.12. The van der Waals surface area contributed by atoms with Crippen LogP contribution in [-0.4, -0.2) is 9.67 Å². The van der Waals surface area contributed by atoms with Gasteiger partial charge in [0.1, 0.15) is 6.07 Å². The van der Waals surface area contributed by atoms with Crippen LogP contribution in [0.2, 0.25) is 0 Å². The van der Waals surface area contributed by atoms with Gasteiger partial charge < -0.3 is 9.67 Å². The highest BCUT2D eigenvalue weighted by atomic mass is 16.3. The number of aromatic nitrogens is 1. The van der Waals surface area contributed by atoms with E-state index >= 15 is 0 Å². The fourth-order valence-electron chi connectivity index (χ4n) is 1.50. The Morgan fingerprint density at radius 3 is 2.69 bits per heavy atom. The molecule has 13 heavy (non-hydrogen) atoms. The number of aromatic hydroxyl groups is 1. The summed E-state index contributed by atoms with van der Waals surface area (Å²) in [4.78, 5) is 0. The van der Waals surface area contributed by atoms with E-state index in [0.717, 1.165) is 10.9 Å². The summed E-state index contributed by atoms with van der Waals surface area (Å²) >= 11 is 0. The Labute approximate surface area is 75.4 Å². The summed E-state index contributed by atoms with van der Waals surface area (Å²) in [6.07, 6.45) is 0. The molecule has 3 heteroatoms. The van der Waals surface area contributed by atoms with Crippen molar-refractivity contribution in [3.63, 3.8) is 0 Å². The Balaban J connectivity index is 2.99. The molecule has 0 radical (unpaired) electrons. The van der Waals surface area contributed by atoms with Gasteiger partial charge in [0.15, 0.2) is 11.4 Å². The van der Waals surface area contributed by atoms with Crippen molar-refractivity contribution in [3.05, 3.63) is 30.0 Å². The normalized spacial score (nSPS) is 10.2. The van der Waals surface area contributed by atoms with Crippen molar-refractivity contribution in [2.24, 2.45) is 7.05 Å². The molecule has 3 nitrogen and oxygen atoms in total. The van der Waals surface area contributed by atoms with Gasteiger partial charge in [-0.25, -0.2) is 0 Å². The van der Waals surface area contributed by atoms with Gasteiger partial charge in [-0.3, -0.25) is 0 Å². The number of hydrogen-bond acceptors (Lipinski definition) is 2. The highest BCUT2D eigenvalue weighted by molar-refractivity contribution is 5.89. The van der Waals surface area contributed by atoms with E-state index in [4.69, 9.17) is 5.26 Å². The van der Waals surface area contributed by atoms with E-state index in [0.29, 0.717) is 5.69 Å². The average molecular weight is 172 g/mol. The predicted molar refractivity (Wildman–Crippen MR) is 49.3 cm³/mol. The summed E-state index contributed by atoms with van der Waals surface area (Å²) < 4.78 is 1.69. The van der Waals surface area contributed by atoms with Crippen LogP contribution in [0.25, 0.3) is 10.9 Å². The molecule has 0 spiro atoms. The molecule has 1 aromatic heterocycles. The fourth-order valence-corrected chi connectivity index (χ4v) is 1.50. The number of hydrogen-bond donors (Lipinski definition) is 1. The topological polar surface area (TPSA) is 49.0 Å². The molecule has 64 valence electrons. The Bertz CT molecular complexity index is 466. The monoisotopic (exact) mass is 172 g/mol. The molecule has 1 aromatic carbocycles. The lowest BCUT2D eigenvalue weighted by atomic mass is 10.2. The van der Waals surface area contributed by atoms with Crippen LogP contribution in [0.1, 0.15) is 5.69 Å². The zero-order valence-corrected chi connectivity index (χ0v) is 7.15. The van der Waals surface area contributed by atoms with Crippen molar-refractivity contribution >= 4 is 10.9 Å². The minimum Gasteiger partial charge on any atom is -0.504 e. The Hall–Kier alpha value is -1.95. The summed E-state index contributed by atoms with van der Waals surface area (Å²) in [6, 6.07) is 9.35. The molecule has 0 atom stereocenters. The smallest absolute Gasteiger partial charge is 0.163 e. The SMILES string of the molecule is Cn1c(C#N)c(O)c2ccccc21. The van der Waals surface area contributed by atoms with Crippen LogP contribution >= 0.6 is 0 Å². The zero-order chi connectivity index (χ0) is 9.42. The minimum absolute atomic E-state index is 0.0700. The number of nitrogens with zero attached hydrogens (tertiary/aromatic N) is 2. The first kappa shape index (κ1) is 7.69. The van der Waals surface area contributed by atoms with Crippen LogP contribution in [-0.2, 0) is 7.05 Å². The van der Waals surface area contributed by atoms with E-state index in [1.807, 2.05) is 24.3 Å². The first-order valence-electron chi connectivity index (χ1n) is 3.92. The van der Waals surface area contributed by atoms with E-state index in [9.17, 15) is 5.11 Å². The molecule has 0 aliphatic rings. The standard InChI is InChI=1S/C10H8N2O/c1-12-8-5-3-2-4-7(8)10(13)9(12)6-11/h2-5,13H,1H3. The van der Waals surface area contributed by atoms with Crippen LogP contribution in [0.5, 0.6) is 5.75 Å². The van der Waals surface area contributed by atoms with Crippen molar-refractivity contribution in [1.29, 1.82) is 5.26 Å². The second kappa shape index (κ2) is 2.53. The fraction of sp³-hybridized carbons (Fsp3) is 0.100. The van der Waals surface area contributed by atoms with E-state index in [-0.39, 0.29) is 5.75 Å². The van der Waals surface area contributed by atoms with E-state index in [1.54, 1.807) is 17.7 Å². The molecule has 0 aliphatic heterocycles. The summed E-state index contributed by atoms with van der Waals surface area (Å²) in [6.45, 7) is 0. The second-order valence-corrected chi connectivity index (χ2v) is 2.89. The number of rotatable bonds is 0. The van der Waals surface area contributed by atoms with Gasteiger partial charge in [-0.15, -0.1) is 0 Å². The lowest BCUT2D eigenvalue weighted by Gasteiger charge is -1.93. The van der Waals surface area contributed by atoms with E-state index < -0.39 is 0 Å². The number of benzene rings is 1. The van der Waals surface area contributed by atoms with Crippen molar-refractivity contribution in [2.75, 3.05) is 0 Å². The molecule has 0 unspecified atom stereocenters. The summed E-state index contributed by atoms with van der Waals surface area (Å²) in [7, 11) is 1.76. The molecule has 0 aliphatic carbocycles. The van der Waals surface area contributed by atoms with Crippen LogP contribution < -0.4 is 0 Å². The maximum absolute atomic E-state index is 9.63. The number of para-hydroxylation sites is 1. The predicted octanol–water partition coefficient (Wildman–Crippen LogP) is 1.76. The van der Waals surface area contributed by atoms with Gasteiger partial charge in [0.25, 0.3) is 0 Å². The maximum Gasteiger partial charge on any atom is 0.163 e. The molecule has 2 rings (SSSR count). The molecule has 0 fully saturated rings. The third-order valence-electron chi connectivity index (χ3n) is 2.19. The minimum atomic E-state index is 0.0700. The quantitative estimate of drug-likeness (QED) is 0.658. The number of aryl methyl sites for hydroxylation is 1. The van der Waals surface area contributed by atoms with Crippen molar-refractivity contribution in [2.45, 2.75) is 0 Å². The summed E-state index contributed by atoms with van der Waals surface area (Å²) in [5, 5.41) is 19.1. The molecule has 0 amide bonds. The van der Waals surface area contributed by atoms with Gasteiger partial charge in [0, 0.05) is 12.4 Å². The lowest BCUT2D eigenvalue weighted by molar-refractivity contribution is 0.477. The van der Waals surface area contributed by atoms with E-state index in [2.05, 4.69) is 0 Å². The largest absolute Gasteiger partial charge is 0.504 e. The molecular formula is C10H8N2O.